The Morgan fingerprint density at radius 3 is 3.00 bits per heavy atom. The maximum absolute atomic E-state index is 6.07. The summed E-state index contributed by atoms with van der Waals surface area (Å²) < 4.78 is 0. The second kappa shape index (κ2) is 5.45. The highest BCUT2D eigenvalue weighted by molar-refractivity contribution is 5.74. The second-order valence-electron chi connectivity index (χ2n) is 7.38. The molecule has 4 heterocycles. The lowest BCUT2D eigenvalue weighted by molar-refractivity contribution is 0.254. The minimum atomic E-state index is 0.353. The largest absolute Gasteiger partial charge is 0.366 e. The van der Waals surface area contributed by atoms with Crippen molar-refractivity contribution in [1.29, 1.82) is 0 Å². The predicted octanol–water partition coefficient (Wildman–Crippen LogP) is 2.43. The van der Waals surface area contributed by atoms with Crippen LogP contribution in [0.3, 0.4) is 0 Å². The topological polar surface area (TPSA) is 67.1 Å². The molecule has 2 aliphatic heterocycles. The number of aromatic nitrogens is 2. The molecule has 0 amide bonds. The molecule has 2 bridgehead atoms. The summed E-state index contributed by atoms with van der Waals surface area (Å²) in [6.45, 7) is 2.24. The van der Waals surface area contributed by atoms with Crippen LogP contribution >= 0.6 is 0 Å². The summed E-state index contributed by atoms with van der Waals surface area (Å²) >= 11 is 0. The molecule has 3 N–H and O–H groups in total. The fourth-order valence-corrected chi connectivity index (χ4v) is 4.13. The van der Waals surface area contributed by atoms with Crippen molar-refractivity contribution >= 4 is 11.5 Å². The normalized spacial score (nSPS) is 27.4. The summed E-state index contributed by atoms with van der Waals surface area (Å²) in [4.78, 5) is 11.9. The maximum Gasteiger partial charge on any atom is 0.150 e. The van der Waals surface area contributed by atoms with E-state index in [-0.39, 0.29) is 0 Å². The molecule has 5 rings (SSSR count). The van der Waals surface area contributed by atoms with Gasteiger partial charge in [0.15, 0.2) is 5.82 Å². The van der Waals surface area contributed by atoms with Crippen molar-refractivity contribution in [1.82, 2.24) is 9.97 Å². The maximum atomic E-state index is 6.07. The van der Waals surface area contributed by atoms with Gasteiger partial charge in [-0.15, -0.1) is 0 Å². The molecule has 5 heteroatoms. The van der Waals surface area contributed by atoms with E-state index in [9.17, 15) is 0 Å². The van der Waals surface area contributed by atoms with Crippen molar-refractivity contribution < 1.29 is 0 Å². The zero-order chi connectivity index (χ0) is 16.1. The molecule has 0 radical (unpaired) electrons. The van der Waals surface area contributed by atoms with Crippen molar-refractivity contribution in [3.63, 3.8) is 0 Å². The molecule has 3 atom stereocenters. The van der Waals surface area contributed by atoms with E-state index in [1.54, 1.807) is 0 Å². The molecule has 2 aromatic rings. The summed E-state index contributed by atoms with van der Waals surface area (Å²) in [5.74, 6) is 1.62. The van der Waals surface area contributed by atoms with E-state index in [0.29, 0.717) is 18.0 Å². The van der Waals surface area contributed by atoms with E-state index in [1.807, 2.05) is 6.20 Å². The average Bonchev–Trinajstić information content (AvgIpc) is 3.00. The molecular weight excluding hydrogens is 298 g/mol. The molecule has 0 spiro atoms. The number of hydrogen-bond acceptors (Lipinski definition) is 5. The number of rotatable bonds is 3. The molecule has 24 heavy (non-hydrogen) atoms. The van der Waals surface area contributed by atoms with Gasteiger partial charge in [0.2, 0.25) is 0 Å². The minimum Gasteiger partial charge on any atom is -0.366 e. The number of nitrogens with two attached hydrogens (primary N) is 1. The molecule has 2 fully saturated rings. The highest BCUT2D eigenvalue weighted by Crippen LogP contribution is 2.36. The van der Waals surface area contributed by atoms with Gasteiger partial charge in [-0.1, -0.05) is 0 Å². The Morgan fingerprint density at radius 1 is 1.21 bits per heavy atom. The van der Waals surface area contributed by atoms with Crippen LogP contribution in [0.25, 0.3) is 11.3 Å². The van der Waals surface area contributed by atoms with Crippen molar-refractivity contribution in [3.05, 3.63) is 36.2 Å². The van der Waals surface area contributed by atoms with E-state index >= 15 is 0 Å². The molecule has 1 saturated heterocycles. The summed E-state index contributed by atoms with van der Waals surface area (Å²) in [5, 5.41) is 3.58. The third kappa shape index (κ3) is 2.35. The monoisotopic (exact) mass is 321 g/mol. The van der Waals surface area contributed by atoms with Crippen LogP contribution in [-0.4, -0.2) is 35.1 Å². The number of hydrogen-bond donors (Lipinski definition) is 2. The van der Waals surface area contributed by atoms with Crippen LogP contribution in [0.4, 0.5) is 11.5 Å². The highest BCUT2D eigenvalue weighted by Gasteiger charge is 2.31. The van der Waals surface area contributed by atoms with Gasteiger partial charge in [0.1, 0.15) is 0 Å². The quantitative estimate of drug-likeness (QED) is 0.909. The first kappa shape index (κ1) is 14.2. The number of pyridine rings is 2. The van der Waals surface area contributed by atoms with Gasteiger partial charge in [0.05, 0.1) is 11.4 Å². The van der Waals surface area contributed by atoms with Gasteiger partial charge >= 0.3 is 0 Å². The lowest BCUT2D eigenvalue weighted by Gasteiger charge is -2.33. The third-order valence-electron chi connectivity index (χ3n) is 5.80. The van der Waals surface area contributed by atoms with Gasteiger partial charge in [-0.3, -0.25) is 4.98 Å². The van der Waals surface area contributed by atoms with Crippen molar-refractivity contribution in [2.24, 2.45) is 11.7 Å². The van der Waals surface area contributed by atoms with Crippen LogP contribution in [-0.2, 0) is 6.42 Å². The second-order valence-corrected chi connectivity index (χ2v) is 7.38. The molecule has 5 nitrogen and oxygen atoms in total. The molecular formula is C19H23N5. The molecule has 1 saturated carbocycles. The Morgan fingerprint density at radius 2 is 2.17 bits per heavy atom. The summed E-state index contributed by atoms with van der Waals surface area (Å²) in [5.41, 5.74) is 10.6. The zero-order valence-corrected chi connectivity index (χ0v) is 13.8. The molecule has 124 valence electrons. The number of nitrogens with one attached hydrogen (secondary N) is 1. The molecule has 3 aliphatic rings. The zero-order valence-electron chi connectivity index (χ0n) is 13.8. The first-order valence-electron chi connectivity index (χ1n) is 9.00. The summed E-state index contributed by atoms with van der Waals surface area (Å²) in [7, 11) is 0. The van der Waals surface area contributed by atoms with Crippen molar-refractivity contribution in [2.75, 3.05) is 23.3 Å². The van der Waals surface area contributed by atoms with Gasteiger partial charge in [-0.05, 0) is 55.9 Å². The van der Waals surface area contributed by atoms with Crippen LogP contribution in [0, 0.1) is 5.92 Å². The average molecular weight is 321 g/mol. The summed E-state index contributed by atoms with van der Waals surface area (Å²) in [6, 6.07) is 9.47. The van der Waals surface area contributed by atoms with E-state index < -0.39 is 0 Å². The fourth-order valence-electron chi connectivity index (χ4n) is 4.13. The smallest absolute Gasteiger partial charge is 0.150 e. The van der Waals surface area contributed by atoms with Crippen LogP contribution in [0.15, 0.2) is 30.5 Å². The van der Waals surface area contributed by atoms with Gasteiger partial charge < -0.3 is 16.0 Å². The first-order chi connectivity index (χ1) is 11.8. The highest BCUT2D eigenvalue weighted by atomic mass is 15.3. The number of fused-ring (bicyclic) bond motifs is 4. The lowest BCUT2D eigenvalue weighted by Crippen LogP contribution is -2.40. The van der Waals surface area contributed by atoms with Crippen LogP contribution < -0.4 is 16.0 Å². The number of nitrogens with zero attached hydrogens (tertiary/aromatic N) is 3. The fraction of sp³-hybridized carbons (Fsp3) is 0.474. The van der Waals surface area contributed by atoms with Gasteiger partial charge in [0, 0.05) is 42.6 Å². The van der Waals surface area contributed by atoms with E-state index in [2.05, 4.69) is 39.5 Å². The van der Waals surface area contributed by atoms with E-state index in [1.165, 1.54) is 18.5 Å². The van der Waals surface area contributed by atoms with Crippen LogP contribution in [0.5, 0.6) is 0 Å². The SMILES string of the molecule is NC1CCC1Cc1cc(-c2ccc3c(n2)N[C@H]2CCN3C2)ccn1. The summed E-state index contributed by atoms with van der Waals surface area (Å²) in [6.07, 6.45) is 6.46. The van der Waals surface area contributed by atoms with Gasteiger partial charge in [0.25, 0.3) is 0 Å². The Labute approximate surface area is 142 Å². The Hall–Kier alpha value is -2.14. The van der Waals surface area contributed by atoms with Crippen LogP contribution in [0.1, 0.15) is 25.0 Å². The van der Waals surface area contributed by atoms with Crippen molar-refractivity contribution in [3.8, 4) is 11.3 Å². The molecule has 2 aromatic heterocycles. The molecule has 0 aromatic carbocycles. The van der Waals surface area contributed by atoms with E-state index in [4.69, 9.17) is 10.7 Å². The van der Waals surface area contributed by atoms with Crippen molar-refractivity contribution in [2.45, 2.75) is 37.8 Å². The standard InChI is InChI=1S/C19H23N5/c20-16-2-1-12(16)9-15-10-13(5-7-21-15)17-3-4-18-19(23-17)22-14-6-8-24(18)11-14/h3-5,7,10,12,14,16H,1-2,6,8-9,11,20H2,(H,22,23)/t12?,14-,16?/m0/s1. The molecule has 1 aliphatic carbocycles. The first-order valence-corrected chi connectivity index (χ1v) is 9.00. The van der Waals surface area contributed by atoms with E-state index in [0.717, 1.165) is 48.7 Å². The number of anilines is 2. The third-order valence-corrected chi connectivity index (χ3v) is 5.80. The lowest BCUT2D eigenvalue weighted by atomic mass is 9.77. The Kier molecular flexibility index (Phi) is 3.23. The van der Waals surface area contributed by atoms with Crippen LogP contribution in [0.2, 0.25) is 0 Å². The van der Waals surface area contributed by atoms with Gasteiger partial charge in [-0.2, -0.15) is 0 Å². The Balaban J connectivity index is 1.43. The van der Waals surface area contributed by atoms with Gasteiger partial charge in [-0.25, -0.2) is 4.98 Å². The minimum absolute atomic E-state index is 0.353. The predicted molar refractivity (Wildman–Crippen MR) is 96.1 cm³/mol. The Bertz CT molecular complexity index is 774. The molecule has 2 unspecified atom stereocenters.